The second kappa shape index (κ2) is 9.17. The van der Waals surface area contributed by atoms with Crippen molar-refractivity contribution in [3.63, 3.8) is 0 Å². The molecule has 0 N–H and O–H groups in total. The first-order chi connectivity index (χ1) is 12.0. The lowest BCUT2D eigenvalue weighted by atomic mass is 9.94. The molecule has 0 radical (unpaired) electrons. The molecule has 0 aromatic heterocycles. The fraction of sp³-hybridized carbons (Fsp3) is 0.261. The van der Waals surface area contributed by atoms with Gasteiger partial charge in [0.05, 0.1) is 0 Å². The first-order valence-corrected chi connectivity index (χ1v) is 8.56. The van der Waals surface area contributed by atoms with E-state index >= 15 is 0 Å². The standard InChI is InChI=1S/C23H26FN/c1-18(21-14-9-8-13-20(21)17-25(3)4)11-10-12-19(2)22-15-6-5-7-16-23(22)24/h5-6,8-11,13-16,19H,1,12,17H2,2-4H3. The largest absolute Gasteiger partial charge is 0.305 e. The number of hydrogen-bond acceptors (Lipinski definition) is 1. The predicted molar refractivity (Wildman–Crippen MR) is 106 cm³/mol. The van der Waals surface area contributed by atoms with Crippen LogP contribution in [0.15, 0.2) is 84.4 Å². The quantitative estimate of drug-likeness (QED) is 0.446. The molecule has 1 unspecified atom stereocenters. The highest BCUT2D eigenvalue weighted by Crippen LogP contribution is 2.25. The molecule has 0 heterocycles. The van der Waals surface area contributed by atoms with Crippen molar-refractivity contribution in [3.8, 4) is 0 Å². The molecule has 0 spiro atoms. The molecule has 0 aliphatic heterocycles. The Morgan fingerprint density at radius 2 is 2.08 bits per heavy atom. The molecule has 1 atom stereocenters. The molecular formula is C23H26FN. The minimum Gasteiger partial charge on any atom is -0.305 e. The molecule has 1 nitrogen and oxygen atoms in total. The van der Waals surface area contributed by atoms with Crippen molar-refractivity contribution in [2.45, 2.75) is 19.9 Å². The van der Waals surface area contributed by atoms with E-state index < -0.39 is 0 Å². The first-order valence-electron chi connectivity index (χ1n) is 8.56. The third kappa shape index (κ3) is 5.56. The summed E-state index contributed by atoms with van der Waals surface area (Å²) in [5.41, 5.74) is 6.91. The number of allylic oxidation sites excluding steroid dienone is 8. The van der Waals surface area contributed by atoms with Gasteiger partial charge in [0.25, 0.3) is 0 Å². The lowest BCUT2D eigenvalue weighted by Crippen LogP contribution is -2.11. The predicted octanol–water partition coefficient (Wildman–Crippen LogP) is 5.85. The molecule has 1 aromatic rings. The molecule has 1 aromatic carbocycles. The third-order valence-electron chi connectivity index (χ3n) is 4.14. The van der Waals surface area contributed by atoms with Crippen LogP contribution in [0.25, 0.3) is 5.57 Å². The number of rotatable bonds is 7. The van der Waals surface area contributed by atoms with Crippen LogP contribution in [-0.2, 0) is 6.54 Å². The zero-order valence-corrected chi connectivity index (χ0v) is 15.3. The van der Waals surface area contributed by atoms with E-state index in [0.29, 0.717) is 5.57 Å². The van der Waals surface area contributed by atoms with Crippen LogP contribution in [0, 0.1) is 5.92 Å². The Balaban J connectivity index is 2.05. The van der Waals surface area contributed by atoms with Crippen molar-refractivity contribution in [1.82, 2.24) is 4.90 Å². The molecule has 2 heteroatoms. The van der Waals surface area contributed by atoms with Crippen molar-refractivity contribution in [3.05, 3.63) is 95.6 Å². The molecule has 0 saturated carbocycles. The Morgan fingerprint density at radius 3 is 2.84 bits per heavy atom. The van der Waals surface area contributed by atoms with E-state index in [1.807, 2.05) is 31.2 Å². The maximum Gasteiger partial charge on any atom is 0.134 e. The van der Waals surface area contributed by atoms with Gasteiger partial charge in [-0.15, -0.1) is 5.73 Å². The van der Waals surface area contributed by atoms with E-state index in [1.165, 1.54) is 11.6 Å². The van der Waals surface area contributed by atoms with Crippen molar-refractivity contribution >= 4 is 5.57 Å². The Labute approximate surface area is 150 Å². The minimum absolute atomic E-state index is 0.0990. The molecular weight excluding hydrogens is 309 g/mol. The van der Waals surface area contributed by atoms with Gasteiger partial charge >= 0.3 is 0 Å². The van der Waals surface area contributed by atoms with Gasteiger partial charge in [-0.3, -0.25) is 0 Å². The fourth-order valence-corrected chi connectivity index (χ4v) is 2.83. The number of hydrogen-bond donors (Lipinski definition) is 0. The highest BCUT2D eigenvalue weighted by Gasteiger charge is 2.10. The highest BCUT2D eigenvalue weighted by atomic mass is 19.1. The van der Waals surface area contributed by atoms with Crippen LogP contribution in [0.5, 0.6) is 0 Å². The van der Waals surface area contributed by atoms with Crippen LogP contribution in [-0.4, -0.2) is 19.0 Å². The van der Waals surface area contributed by atoms with E-state index in [2.05, 4.69) is 55.6 Å². The molecule has 0 bridgehead atoms. The summed E-state index contributed by atoms with van der Waals surface area (Å²) < 4.78 is 14.0. The molecule has 130 valence electrons. The van der Waals surface area contributed by atoms with Gasteiger partial charge in [-0.05, 0) is 54.8 Å². The molecule has 1 aliphatic rings. The van der Waals surface area contributed by atoms with E-state index in [1.54, 1.807) is 6.08 Å². The molecule has 25 heavy (non-hydrogen) atoms. The number of benzene rings is 1. The summed E-state index contributed by atoms with van der Waals surface area (Å²) in [6, 6.07) is 8.32. The molecule has 1 aliphatic carbocycles. The Bertz CT molecular complexity index is 771. The maximum absolute atomic E-state index is 14.0. The third-order valence-corrected chi connectivity index (χ3v) is 4.14. The van der Waals surface area contributed by atoms with E-state index in [0.717, 1.165) is 24.1 Å². The van der Waals surface area contributed by atoms with Crippen LogP contribution >= 0.6 is 0 Å². The Morgan fingerprint density at radius 1 is 1.32 bits per heavy atom. The van der Waals surface area contributed by atoms with Gasteiger partial charge in [0.1, 0.15) is 5.83 Å². The van der Waals surface area contributed by atoms with Gasteiger partial charge in [-0.2, -0.15) is 0 Å². The molecule has 0 saturated heterocycles. The summed E-state index contributed by atoms with van der Waals surface area (Å²) in [6.45, 7) is 7.12. The van der Waals surface area contributed by atoms with Crippen molar-refractivity contribution < 1.29 is 4.39 Å². The van der Waals surface area contributed by atoms with E-state index in [-0.39, 0.29) is 11.7 Å². The van der Waals surface area contributed by atoms with Crippen molar-refractivity contribution in [1.29, 1.82) is 0 Å². The van der Waals surface area contributed by atoms with E-state index in [4.69, 9.17) is 0 Å². The summed E-state index contributed by atoms with van der Waals surface area (Å²) in [4.78, 5) is 2.15. The normalized spacial score (nSPS) is 15.2. The molecule has 0 amide bonds. The Kier molecular flexibility index (Phi) is 6.94. The maximum atomic E-state index is 14.0. The van der Waals surface area contributed by atoms with Gasteiger partial charge in [-0.1, -0.05) is 62.1 Å². The van der Waals surface area contributed by atoms with Crippen LogP contribution in [0.2, 0.25) is 0 Å². The second-order valence-electron chi connectivity index (χ2n) is 6.60. The summed E-state index contributed by atoms with van der Waals surface area (Å²) in [5, 5.41) is 0. The smallest absolute Gasteiger partial charge is 0.134 e. The second-order valence-corrected chi connectivity index (χ2v) is 6.60. The average molecular weight is 335 g/mol. The summed E-state index contributed by atoms with van der Waals surface area (Å²) >= 11 is 0. The van der Waals surface area contributed by atoms with Gasteiger partial charge in [0.15, 0.2) is 0 Å². The Hall–Kier alpha value is -2.41. The summed E-state index contributed by atoms with van der Waals surface area (Å²) in [6.07, 6.45) is 11.6. The summed E-state index contributed by atoms with van der Waals surface area (Å²) in [7, 11) is 4.12. The molecule has 2 rings (SSSR count). The summed E-state index contributed by atoms with van der Waals surface area (Å²) in [5.74, 6) is -0.108. The van der Waals surface area contributed by atoms with Crippen molar-refractivity contribution in [2.75, 3.05) is 14.1 Å². The van der Waals surface area contributed by atoms with Gasteiger partial charge < -0.3 is 4.90 Å². The SMILES string of the molecule is C=C(C=CCC(C)C1=C(F)C=C=CC=C1)c1ccccc1CN(C)C. The van der Waals surface area contributed by atoms with Crippen LogP contribution in [0.1, 0.15) is 24.5 Å². The fourth-order valence-electron chi connectivity index (χ4n) is 2.83. The average Bonchev–Trinajstić information content (AvgIpc) is 2.79. The molecule has 0 fully saturated rings. The lowest BCUT2D eigenvalue weighted by Gasteiger charge is -2.14. The van der Waals surface area contributed by atoms with Gasteiger partial charge in [-0.25, -0.2) is 4.39 Å². The first kappa shape index (κ1) is 18.9. The van der Waals surface area contributed by atoms with Gasteiger partial charge in [0.2, 0.25) is 0 Å². The van der Waals surface area contributed by atoms with Crippen LogP contribution < -0.4 is 0 Å². The lowest BCUT2D eigenvalue weighted by molar-refractivity contribution is 0.402. The minimum atomic E-state index is -0.207. The van der Waals surface area contributed by atoms with Gasteiger partial charge in [0, 0.05) is 12.6 Å². The zero-order chi connectivity index (χ0) is 18.2. The highest BCUT2D eigenvalue weighted by molar-refractivity contribution is 5.74. The number of nitrogens with zero attached hydrogens (tertiary/aromatic N) is 1. The van der Waals surface area contributed by atoms with Crippen molar-refractivity contribution in [2.24, 2.45) is 5.92 Å². The van der Waals surface area contributed by atoms with E-state index in [9.17, 15) is 4.39 Å². The monoisotopic (exact) mass is 335 g/mol. The topological polar surface area (TPSA) is 3.24 Å². The van der Waals surface area contributed by atoms with Crippen LogP contribution in [0.4, 0.5) is 4.39 Å². The zero-order valence-electron chi connectivity index (χ0n) is 15.3. The van der Waals surface area contributed by atoms with Crippen LogP contribution in [0.3, 0.4) is 0 Å². The number of halogens is 1.